The van der Waals surface area contributed by atoms with Gasteiger partial charge in [0.1, 0.15) is 0 Å². The molecule has 0 amide bonds. The van der Waals surface area contributed by atoms with Crippen LogP contribution < -0.4 is 11.1 Å². The first-order valence-electron chi connectivity index (χ1n) is 2.54. The van der Waals surface area contributed by atoms with Gasteiger partial charge in [-0.2, -0.15) is 0 Å². The van der Waals surface area contributed by atoms with E-state index in [4.69, 9.17) is 10.8 Å². The minimum Gasteiger partial charge on any atom is -0.401 e. The van der Waals surface area contributed by atoms with Gasteiger partial charge >= 0.3 is 0 Å². The van der Waals surface area contributed by atoms with Gasteiger partial charge in [0.15, 0.2) is 0 Å². The third-order valence-corrected chi connectivity index (χ3v) is 0.586. The SMILES string of the molecule is CC(N)=CNCCO. The quantitative estimate of drug-likeness (QED) is 0.431. The number of aliphatic hydroxyl groups excluding tert-OH is 1. The van der Waals surface area contributed by atoms with Crippen molar-refractivity contribution in [1.82, 2.24) is 5.32 Å². The highest BCUT2D eigenvalue weighted by molar-refractivity contribution is 4.88. The molecule has 0 aromatic rings. The van der Waals surface area contributed by atoms with Crippen molar-refractivity contribution in [2.45, 2.75) is 6.92 Å². The van der Waals surface area contributed by atoms with Gasteiger partial charge in [0.2, 0.25) is 0 Å². The van der Waals surface area contributed by atoms with Gasteiger partial charge in [0.25, 0.3) is 0 Å². The Hall–Kier alpha value is -0.700. The van der Waals surface area contributed by atoms with Gasteiger partial charge in [-0.3, -0.25) is 0 Å². The Balaban J connectivity index is 3.03. The van der Waals surface area contributed by atoms with Crippen LogP contribution in [0.1, 0.15) is 6.92 Å². The molecule has 0 rings (SSSR count). The maximum atomic E-state index is 8.25. The summed E-state index contributed by atoms with van der Waals surface area (Å²) in [7, 11) is 0. The Kier molecular flexibility index (Phi) is 4.07. The topological polar surface area (TPSA) is 58.3 Å². The maximum Gasteiger partial charge on any atom is 0.0603 e. The van der Waals surface area contributed by atoms with Crippen LogP contribution in [0.3, 0.4) is 0 Å². The first kappa shape index (κ1) is 7.30. The van der Waals surface area contributed by atoms with Crippen LogP contribution in [0.15, 0.2) is 11.9 Å². The predicted molar refractivity (Wildman–Crippen MR) is 33.0 cm³/mol. The van der Waals surface area contributed by atoms with E-state index in [1.54, 1.807) is 13.1 Å². The maximum absolute atomic E-state index is 8.25. The normalized spacial score (nSPS) is 11.5. The molecule has 0 fully saturated rings. The first-order chi connectivity index (χ1) is 3.77. The highest BCUT2D eigenvalue weighted by Crippen LogP contribution is 1.71. The van der Waals surface area contributed by atoms with Crippen LogP contribution in [-0.4, -0.2) is 18.3 Å². The summed E-state index contributed by atoms with van der Waals surface area (Å²) < 4.78 is 0. The van der Waals surface area contributed by atoms with Crippen molar-refractivity contribution < 1.29 is 5.11 Å². The van der Waals surface area contributed by atoms with Crippen LogP contribution in [0.25, 0.3) is 0 Å². The zero-order chi connectivity index (χ0) is 6.41. The summed E-state index contributed by atoms with van der Waals surface area (Å²) in [6.07, 6.45) is 1.66. The number of aliphatic hydroxyl groups is 1. The molecule has 0 saturated heterocycles. The van der Waals surface area contributed by atoms with E-state index in [2.05, 4.69) is 5.32 Å². The van der Waals surface area contributed by atoms with Crippen molar-refractivity contribution in [2.75, 3.05) is 13.2 Å². The van der Waals surface area contributed by atoms with Crippen LogP contribution in [0, 0.1) is 0 Å². The Morgan fingerprint density at radius 2 is 2.50 bits per heavy atom. The Morgan fingerprint density at radius 3 is 2.88 bits per heavy atom. The fourth-order valence-corrected chi connectivity index (χ4v) is 0.298. The van der Waals surface area contributed by atoms with Crippen LogP contribution in [0.2, 0.25) is 0 Å². The zero-order valence-electron chi connectivity index (χ0n) is 5.02. The van der Waals surface area contributed by atoms with E-state index in [0.29, 0.717) is 6.54 Å². The Bertz CT molecular complexity index is 76.5. The lowest BCUT2D eigenvalue weighted by Gasteiger charge is -1.94. The Morgan fingerprint density at radius 1 is 1.88 bits per heavy atom. The van der Waals surface area contributed by atoms with Crippen LogP contribution in [0.5, 0.6) is 0 Å². The molecule has 48 valence electrons. The highest BCUT2D eigenvalue weighted by Gasteiger charge is 1.75. The minimum atomic E-state index is 0.143. The third-order valence-electron chi connectivity index (χ3n) is 0.586. The smallest absolute Gasteiger partial charge is 0.0603 e. The molecule has 8 heavy (non-hydrogen) atoms. The second-order valence-corrected chi connectivity index (χ2v) is 1.57. The second kappa shape index (κ2) is 4.46. The molecule has 0 unspecified atom stereocenters. The molecular weight excluding hydrogens is 104 g/mol. The van der Waals surface area contributed by atoms with Gasteiger partial charge in [-0.05, 0) is 6.92 Å². The van der Waals surface area contributed by atoms with Gasteiger partial charge in [0, 0.05) is 18.4 Å². The Labute approximate surface area is 49.2 Å². The van der Waals surface area contributed by atoms with Gasteiger partial charge in [-0.25, -0.2) is 0 Å². The van der Waals surface area contributed by atoms with Crippen LogP contribution >= 0.6 is 0 Å². The average Bonchev–Trinajstić information content (AvgIpc) is 1.66. The van der Waals surface area contributed by atoms with E-state index in [1.165, 1.54) is 0 Å². The lowest BCUT2D eigenvalue weighted by atomic mass is 10.5. The molecule has 3 heteroatoms. The van der Waals surface area contributed by atoms with Crippen LogP contribution in [-0.2, 0) is 0 Å². The molecule has 4 N–H and O–H groups in total. The summed E-state index contributed by atoms with van der Waals surface area (Å²) in [5.74, 6) is 0. The van der Waals surface area contributed by atoms with Crippen molar-refractivity contribution in [1.29, 1.82) is 0 Å². The molecule has 0 aromatic carbocycles. The molecule has 0 aliphatic heterocycles. The van der Waals surface area contributed by atoms with Gasteiger partial charge in [-0.15, -0.1) is 0 Å². The lowest BCUT2D eigenvalue weighted by Crippen LogP contribution is -2.12. The van der Waals surface area contributed by atoms with Crippen molar-refractivity contribution >= 4 is 0 Å². The number of nitrogens with one attached hydrogen (secondary N) is 1. The van der Waals surface area contributed by atoms with E-state index in [0.717, 1.165) is 5.70 Å². The summed E-state index contributed by atoms with van der Waals surface area (Å²) >= 11 is 0. The van der Waals surface area contributed by atoms with Gasteiger partial charge in [-0.1, -0.05) is 0 Å². The summed E-state index contributed by atoms with van der Waals surface area (Å²) in [6.45, 7) is 2.49. The van der Waals surface area contributed by atoms with Crippen LogP contribution in [0.4, 0.5) is 0 Å². The van der Waals surface area contributed by atoms with Gasteiger partial charge < -0.3 is 16.2 Å². The van der Waals surface area contributed by atoms with E-state index < -0.39 is 0 Å². The van der Waals surface area contributed by atoms with Crippen molar-refractivity contribution in [3.8, 4) is 0 Å². The second-order valence-electron chi connectivity index (χ2n) is 1.57. The molecule has 0 radical (unpaired) electrons. The molecule has 0 heterocycles. The molecule has 0 aromatic heterocycles. The number of rotatable bonds is 3. The molecule has 0 spiro atoms. The fraction of sp³-hybridized carbons (Fsp3) is 0.600. The zero-order valence-corrected chi connectivity index (χ0v) is 5.02. The first-order valence-corrected chi connectivity index (χ1v) is 2.54. The van der Waals surface area contributed by atoms with Crippen molar-refractivity contribution in [2.24, 2.45) is 5.73 Å². The number of hydrogen-bond donors (Lipinski definition) is 3. The summed E-state index contributed by atoms with van der Waals surface area (Å²) in [6, 6.07) is 0. The summed E-state index contributed by atoms with van der Waals surface area (Å²) in [4.78, 5) is 0. The van der Waals surface area contributed by atoms with Gasteiger partial charge in [0.05, 0.1) is 6.61 Å². The number of hydrogen-bond acceptors (Lipinski definition) is 3. The largest absolute Gasteiger partial charge is 0.401 e. The molecule has 0 bridgehead atoms. The predicted octanol–water partition coefficient (Wildman–Crippen LogP) is -0.612. The van der Waals surface area contributed by atoms with Crippen molar-refractivity contribution in [3.63, 3.8) is 0 Å². The van der Waals surface area contributed by atoms with E-state index in [-0.39, 0.29) is 6.61 Å². The lowest BCUT2D eigenvalue weighted by molar-refractivity contribution is 0.298. The fourth-order valence-electron chi connectivity index (χ4n) is 0.298. The number of allylic oxidation sites excluding steroid dienone is 1. The highest BCUT2D eigenvalue weighted by atomic mass is 16.3. The third kappa shape index (κ3) is 5.30. The molecule has 0 aliphatic rings. The molecule has 3 nitrogen and oxygen atoms in total. The molecule has 0 saturated carbocycles. The molecule has 0 aliphatic carbocycles. The monoisotopic (exact) mass is 116 g/mol. The van der Waals surface area contributed by atoms with Crippen molar-refractivity contribution in [3.05, 3.63) is 11.9 Å². The molecular formula is C5H12N2O. The van der Waals surface area contributed by atoms with E-state index in [1.807, 2.05) is 0 Å². The summed E-state index contributed by atoms with van der Waals surface area (Å²) in [5, 5.41) is 11.0. The van der Waals surface area contributed by atoms with E-state index in [9.17, 15) is 0 Å². The number of nitrogens with two attached hydrogens (primary N) is 1. The molecule has 0 atom stereocenters. The average molecular weight is 116 g/mol. The van der Waals surface area contributed by atoms with E-state index >= 15 is 0 Å². The minimum absolute atomic E-state index is 0.143. The summed E-state index contributed by atoms with van der Waals surface area (Å²) in [5.41, 5.74) is 5.97. The standard InChI is InChI=1S/C5H12N2O/c1-5(6)4-7-2-3-8/h4,7-8H,2-3,6H2,1H3.